The molecule has 8 heteroatoms. The topological polar surface area (TPSA) is 79.1 Å². The van der Waals surface area contributed by atoms with Gasteiger partial charge < -0.3 is 10.2 Å². The molecule has 0 amide bonds. The van der Waals surface area contributed by atoms with Crippen LogP contribution in [-0.4, -0.2) is 43.9 Å². The lowest BCUT2D eigenvalue weighted by atomic mass is 10.4. The molecule has 1 atom stereocenters. The number of aliphatic hydroxyl groups excluding tert-OH is 2. The number of hydrogen-bond donors (Lipinski definition) is 2. The maximum Gasteiger partial charge on any atom is 0.244 e. The molecule has 1 aromatic rings. The quantitative estimate of drug-likeness (QED) is 0.769. The van der Waals surface area contributed by atoms with E-state index in [9.17, 15) is 0 Å². The Balaban J connectivity index is 2.62. The number of nitrogens with zero attached hydrogens (tertiary/aromatic N) is 3. The van der Waals surface area contributed by atoms with Gasteiger partial charge in [0, 0.05) is 5.75 Å². The van der Waals surface area contributed by atoms with E-state index in [4.69, 9.17) is 33.4 Å². The third kappa shape index (κ3) is 3.55. The van der Waals surface area contributed by atoms with Gasteiger partial charge in [-0.25, -0.2) is 4.98 Å². The van der Waals surface area contributed by atoms with Crippen LogP contribution in [0, 0.1) is 0 Å². The van der Waals surface area contributed by atoms with Gasteiger partial charge in [0.25, 0.3) is 0 Å². The van der Waals surface area contributed by atoms with Crippen molar-refractivity contribution >= 4 is 35.0 Å². The van der Waals surface area contributed by atoms with Gasteiger partial charge in [0.05, 0.1) is 12.7 Å². The van der Waals surface area contributed by atoms with Crippen LogP contribution in [0.5, 0.6) is 0 Å². The van der Waals surface area contributed by atoms with Crippen molar-refractivity contribution in [2.45, 2.75) is 11.1 Å². The Morgan fingerprint density at radius 2 is 2.07 bits per heavy atom. The first-order chi connectivity index (χ1) is 6.63. The van der Waals surface area contributed by atoms with Crippen LogP contribution in [0.4, 0.5) is 0 Å². The molecule has 0 aliphatic carbocycles. The molecule has 0 aliphatic rings. The molecule has 0 saturated carbocycles. The monoisotopic (exact) mass is 255 g/mol. The fourth-order valence-electron chi connectivity index (χ4n) is 0.600. The minimum absolute atomic E-state index is 0.00427. The fraction of sp³-hybridized carbons (Fsp3) is 0.500. The number of aromatic nitrogens is 3. The van der Waals surface area contributed by atoms with Gasteiger partial charge in [-0.2, -0.15) is 0 Å². The van der Waals surface area contributed by atoms with Crippen molar-refractivity contribution in [2.75, 3.05) is 12.4 Å². The van der Waals surface area contributed by atoms with Gasteiger partial charge in [-0.15, -0.1) is 22.0 Å². The molecule has 0 fully saturated rings. The van der Waals surface area contributed by atoms with Crippen LogP contribution in [0.25, 0.3) is 0 Å². The summed E-state index contributed by atoms with van der Waals surface area (Å²) >= 11 is 12.3. The highest BCUT2D eigenvalue weighted by atomic mass is 35.5. The van der Waals surface area contributed by atoms with Crippen LogP contribution >= 0.6 is 35.0 Å². The summed E-state index contributed by atoms with van der Waals surface area (Å²) in [6.07, 6.45) is -0.815. The van der Waals surface area contributed by atoms with Crippen molar-refractivity contribution in [3.63, 3.8) is 0 Å². The first-order valence-corrected chi connectivity index (χ1v) is 5.35. The van der Waals surface area contributed by atoms with Crippen LogP contribution in [0.2, 0.25) is 10.4 Å². The zero-order chi connectivity index (χ0) is 10.6. The van der Waals surface area contributed by atoms with Crippen LogP contribution in [0.15, 0.2) is 5.03 Å². The summed E-state index contributed by atoms with van der Waals surface area (Å²) < 4.78 is 0. The lowest BCUT2D eigenvalue weighted by Gasteiger charge is -2.05. The highest BCUT2D eigenvalue weighted by Crippen LogP contribution is 2.23. The van der Waals surface area contributed by atoms with E-state index < -0.39 is 6.10 Å². The van der Waals surface area contributed by atoms with E-state index in [1.54, 1.807) is 0 Å². The normalized spacial score (nSPS) is 12.9. The van der Waals surface area contributed by atoms with E-state index in [1.807, 2.05) is 0 Å². The summed E-state index contributed by atoms with van der Waals surface area (Å²) in [4.78, 5) is 3.81. The molecule has 1 rings (SSSR count). The molecule has 2 N–H and O–H groups in total. The van der Waals surface area contributed by atoms with Crippen LogP contribution in [0.3, 0.4) is 0 Å². The van der Waals surface area contributed by atoms with Gasteiger partial charge in [-0.3, -0.25) is 0 Å². The summed E-state index contributed by atoms with van der Waals surface area (Å²) in [6.45, 7) is -0.309. The second-order valence-corrected chi connectivity index (χ2v) is 4.03. The van der Waals surface area contributed by atoms with Crippen molar-refractivity contribution in [3.8, 4) is 0 Å². The van der Waals surface area contributed by atoms with Crippen molar-refractivity contribution in [3.05, 3.63) is 10.4 Å². The van der Waals surface area contributed by atoms with Gasteiger partial charge in [-0.1, -0.05) is 11.6 Å². The smallest absolute Gasteiger partial charge is 0.244 e. The Bertz CT molecular complexity index is 315. The average Bonchev–Trinajstić information content (AvgIpc) is 2.19. The molecule has 78 valence electrons. The highest BCUT2D eigenvalue weighted by molar-refractivity contribution is 7.99. The van der Waals surface area contributed by atoms with E-state index in [1.165, 1.54) is 0 Å². The first-order valence-electron chi connectivity index (χ1n) is 3.61. The predicted octanol–water partition coefficient (Wildman–Crippen LogP) is 0.624. The summed E-state index contributed by atoms with van der Waals surface area (Å²) in [5.41, 5.74) is 0. The number of thioether (sulfide) groups is 1. The Hall–Kier alpha value is -0.140. The molecule has 5 nitrogen and oxygen atoms in total. The molecule has 0 spiro atoms. The summed E-state index contributed by atoms with van der Waals surface area (Å²) in [5.74, 6) is 0.269. The van der Waals surface area contributed by atoms with E-state index >= 15 is 0 Å². The molecule has 0 aromatic carbocycles. The van der Waals surface area contributed by atoms with Crippen molar-refractivity contribution in [1.82, 2.24) is 15.2 Å². The number of hydrogen-bond acceptors (Lipinski definition) is 6. The number of aliphatic hydroxyl groups is 2. The summed E-state index contributed by atoms with van der Waals surface area (Å²) in [6, 6.07) is 0. The third-order valence-electron chi connectivity index (χ3n) is 1.21. The zero-order valence-corrected chi connectivity index (χ0v) is 9.22. The molecule has 14 heavy (non-hydrogen) atoms. The molecule has 0 saturated heterocycles. The average molecular weight is 256 g/mol. The maximum absolute atomic E-state index is 9.07. The highest BCUT2D eigenvalue weighted by Gasteiger charge is 2.09. The second-order valence-electron chi connectivity index (χ2n) is 2.32. The lowest BCUT2D eigenvalue weighted by molar-refractivity contribution is 0.113. The first kappa shape index (κ1) is 11.9. The van der Waals surface area contributed by atoms with Crippen molar-refractivity contribution in [2.24, 2.45) is 0 Å². The predicted molar refractivity (Wildman–Crippen MR) is 53.7 cm³/mol. The second kappa shape index (κ2) is 5.67. The van der Waals surface area contributed by atoms with E-state index in [2.05, 4.69) is 15.2 Å². The Labute approximate surface area is 94.5 Å². The van der Waals surface area contributed by atoms with Gasteiger partial charge >= 0.3 is 0 Å². The zero-order valence-electron chi connectivity index (χ0n) is 6.89. The SMILES string of the molecule is OCC(O)CSc1nc(Cl)nnc1Cl. The van der Waals surface area contributed by atoms with E-state index in [-0.39, 0.29) is 22.8 Å². The standard InChI is InChI=1S/C6H7Cl2N3O2S/c7-4-5(9-6(8)11-10-4)14-2-3(13)1-12/h3,12-13H,1-2H2. The Morgan fingerprint density at radius 3 is 2.71 bits per heavy atom. The fourth-order valence-corrected chi connectivity index (χ4v) is 1.78. The molecule has 0 aliphatic heterocycles. The Kier molecular flexibility index (Phi) is 4.83. The van der Waals surface area contributed by atoms with Crippen LogP contribution in [-0.2, 0) is 0 Å². The summed E-state index contributed by atoms with van der Waals surface area (Å²) in [5, 5.41) is 25.1. The van der Waals surface area contributed by atoms with E-state index in [0.717, 1.165) is 11.8 Å². The van der Waals surface area contributed by atoms with Gasteiger partial charge in [0.1, 0.15) is 5.03 Å². The summed E-state index contributed by atoms with van der Waals surface area (Å²) in [7, 11) is 0. The minimum atomic E-state index is -0.815. The molecule has 0 bridgehead atoms. The number of halogens is 2. The van der Waals surface area contributed by atoms with Gasteiger partial charge in [0.2, 0.25) is 5.28 Å². The van der Waals surface area contributed by atoms with E-state index in [0.29, 0.717) is 5.03 Å². The molecule has 1 heterocycles. The van der Waals surface area contributed by atoms with Crippen LogP contribution < -0.4 is 0 Å². The maximum atomic E-state index is 9.07. The minimum Gasteiger partial charge on any atom is -0.394 e. The van der Waals surface area contributed by atoms with Crippen molar-refractivity contribution in [1.29, 1.82) is 0 Å². The third-order valence-corrected chi connectivity index (χ3v) is 2.85. The number of rotatable bonds is 4. The molecule has 1 unspecified atom stereocenters. The largest absolute Gasteiger partial charge is 0.394 e. The molecule has 1 aromatic heterocycles. The lowest BCUT2D eigenvalue weighted by Crippen LogP contribution is -2.14. The van der Waals surface area contributed by atoms with Crippen molar-refractivity contribution < 1.29 is 10.2 Å². The molecular weight excluding hydrogens is 249 g/mol. The van der Waals surface area contributed by atoms with Gasteiger partial charge in [-0.05, 0) is 11.6 Å². The molecule has 0 radical (unpaired) electrons. The molecular formula is C6H7Cl2N3O2S. The Morgan fingerprint density at radius 1 is 1.36 bits per heavy atom. The van der Waals surface area contributed by atoms with Gasteiger partial charge in [0.15, 0.2) is 5.15 Å². The van der Waals surface area contributed by atoms with Crippen LogP contribution in [0.1, 0.15) is 0 Å².